The molecule has 42 heavy (non-hydrogen) atoms. The lowest BCUT2D eigenvalue weighted by molar-refractivity contribution is -0.201. The van der Waals surface area contributed by atoms with Crippen LogP contribution in [0.4, 0.5) is 26.3 Å². The summed E-state index contributed by atoms with van der Waals surface area (Å²) in [4.78, 5) is 26.4. The van der Waals surface area contributed by atoms with Crippen molar-refractivity contribution < 1.29 is 53.8 Å². The average molecular weight is 621 g/mol. The van der Waals surface area contributed by atoms with Gasteiger partial charge in [0.1, 0.15) is 17.1 Å². The summed E-state index contributed by atoms with van der Waals surface area (Å²) in [6.07, 6.45) is -11.3. The van der Waals surface area contributed by atoms with Crippen LogP contribution in [-0.4, -0.2) is 51.6 Å². The normalized spacial score (nSPS) is 19.7. The number of methoxy groups -OCH3 is 1. The van der Waals surface area contributed by atoms with Gasteiger partial charge in [0.05, 0.1) is 19.0 Å². The highest BCUT2D eigenvalue weighted by atomic mass is 32.2. The van der Waals surface area contributed by atoms with Crippen LogP contribution in [0, 0.1) is 0 Å². The lowest BCUT2D eigenvalue weighted by atomic mass is 9.76. The molecule has 1 heterocycles. The number of rotatable bonds is 10. The number of benzene rings is 2. The number of carbonyl (C=O) groups excluding carboxylic acids is 2. The minimum atomic E-state index is -5.11. The molecule has 1 aliphatic heterocycles. The van der Waals surface area contributed by atoms with Gasteiger partial charge in [-0.2, -0.15) is 26.3 Å². The Hall–Kier alpha value is -3.75. The quantitative estimate of drug-likeness (QED) is 0.225. The Balaban J connectivity index is 1.72. The van der Waals surface area contributed by atoms with Crippen LogP contribution in [-0.2, 0) is 25.2 Å². The van der Waals surface area contributed by atoms with Crippen molar-refractivity contribution in [3.63, 3.8) is 0 Å². The van der Waals surface area contributed by atoms with Gasteiger partial charge in [-0.1, -0.05) is 24.3 Å². The molecular weight excluding hydrogens is 594 g/mol. The summed E-state index contributed by atoms with van der Waals surface area (Å²) in [5, 5.41) is 1.06. The summed E-state index contributed by atoms with van der Waals surface area (Å²) in [7, 11) is -2.78. The number of hydrogen-bond donors (Lipinski definition) is 2. The molecule has 0 spiro atoms. The second kappa shape index (κ2) is 11.5. The molecule has 0 unspecified atom stereocenters. The maximum absolute atomic E-state index is 14.8. The van der Waals surface area contributed by atoms with E-state index in [2.05, 4.69) is 0 Å². The van der Waals surface area contributed by atoms with E-state index in [-0.39, 0.29) is 29.9 Å². The van der Waals surface area contributed by atoms with E-state index in [1.165, 1.54) is 31.4 Å². The first kappa shape index (κ1) is 31.2. The molecule has 228 valence electrons. The minimum Gasteiger partial charge on any atom is -0.497 e. The van der Waals surface area contributed by atoms with E-state index in [0.29, 0.717) is 18.6 Å². The molecule has 4 rings (SSSR count). The van der Waals surface area contributed by atoms with Crippen molar-refractivity contribution in [1.82, 2.24) is 10.0 Å². The van der Waals surface area contributed by atoms with Gasteiger partial charge >= 0.3 is 12.4 Å². The van der Waals surface area contributed by atoms with E-state index in [0.717, 1.165) is 24.3 Å². The molecule has 15 heteroatoms. The van der Waals surface area contributed by atoms with E-state index < -0.39 is 69.0 Å². The summed E-state index contributed by atoms with van der Waals surface area (Å²) >= 11 is 0. The molecule has 1 atom stereocenters. The largest absolute Gasteiger partial charge is 0.497 e. The molecule has 2 aliphatic rings. The second-order valence-corrected chi connectivity index (χ2v) is 11.8. The SMILES string of the molecule is COc1ccc(C2=C(C(=O)NS(=O)(=O)C3CC3)C(=O)N[C@@](c3ccc(OCCCC(F)(F)F)cc3)(C(F)(F)F)C2)cc1. The summed E-state index contributed by atoms with van der Waals surface area (Å²) in [5.74, 6) is -2.45. The van der Waals surface area contributed by atoms with Crippen molar-refractivity contribution in [2.45, 2.75) is 55.2 Å². The highest BCUT2D eigenvalue weighted by Crippen LogP contribution is 2.49. The van der Waals surface area contributed by atoms with Crippen LogP contribution in [0.1, 0.15) is 43.2 Å². The Bertz CT molecular complexity index is 1470. The molecule has 1 fully saturated rings. The third-order valence-electron chi connectivity index (χ3n) is 6.87. The second-order valence-electron chi connectivity index (χ2n) is 9.88. The third-order valence-corrected chi connectivity index (χ3v) is 8.68. The number of carbonyl (C=O) groups is 2. The lowest BCUT2D eigenvalue weighted by Gasteiger charge is -2.41. The van der Waals surface area contributed by atoms with E-state index >= 15 is 0 Å². The van der Waals surface area contributed by atoms with Gasteiger partial charge in [-0.25, -0.2) is 13.1 Å². The molecule has 0 saturated heterocycles. The molecule has 0 radical (unpaired) electrons. The van der Waals surface area contributed by atoms with Gasteiger partial charge in [-0.3, -0.25) is 9.59 Å². The van der Waals surface area contributed by atoms with E-state index in [1.807, 2.05) is 10.0 Å². The molecule has 2 N–H and O–H groups in total. The summed E-state index contributed by atoms with van der Waals surface area (Å²) < 4.78 is 119. The molecule has 2 amide bonds. The lowest BCUT2D eigenvalue weighted by Crippen LogP contribution is -2.60. The Morgan fingerprint density at radius 2 is 1.60 bits per heavy atom. The van der Waals surface area contributed by atoms with Gasteiger partial charge in [0, 0.05) is 12.8 Å². The Labute approximate surface area is 237 Å². The van der Waals surface area contributed by atoms with Gasteiger partial charge < -0.3 is 14.8 Å². The summed E-state index contributed by atoms with van der Waals surface area (Å²) in [6, 6.07) is 9.79. The topological polar surface area (TPSA) is 111 Å². The maximum Gasteiger partial charge on any atom is 0.416 e. The van der Waals surface area contributed by atoms with E-state index in [1.54, 1.807) is 0 Å². The van der Waals surface area contributed by atoms with Crippen LogP contribution in [0.2, 0.25) is 0 Å². The standard InChI is InChI=1S/C27H26F6N2O6S/c1-40-18-7-3-16(4-8-18)21-15-25(27(31,32)33,17-5-9-19(10-6-17)41-14-2-13-26(28,29)30)34-23(36)22(21)24(37)35-42(38,39)20-11-12-20/h3-10,20H,2,11-15H2,1H3,(H,34,36)(H,35,37)/t25-/m0/s1. The monoisotopic (exact) mass is 620 g/mol. The molecule has 0 bridgehead atoms. The number of amides is 2. The maximum atomic E-state index is 14.8. The van der Waals surface area contributed by atoms with Crippen molar-refractivity contribution in [2.24, 2.45) is 0 Å². The van der Waals surface area contributed by atoms with Crippen LogP contribution < -0.4 is 19.5 Å². The first-order valence-corrected chi connectivity index (χ1v) is 14.2. The first-order chi connectivity index (χ1) is 19.6. The number of alkyl halides is 6. The predicted molar refractivity (Wildman–Crippen MR) is 138 cm³/mol. The van der Waals surface area contributed by atoms with Gasteiger partial charge in [0.2, 0.25) is 10.0 Å². The fraction of sp³-hybridized carbons (Fsp3) is 0.407. The molecule has 1 aliphatic carbocycles. The zero-order chi connectivity index (χ0) is 30.9. The average Bonchev–Trinajstić information content (AvgIpc) is 3.76. The number of ether oxygens (including phenoxy) is 2. The predicted octanol–water partition coefficient (Wildman–Crippen LogP) is 4.76. The van der Waals surface area contributed by atoms with Gasteiger partial charge in [-0.15, -0.1) is 0 Å². The van der Waals surface area contributed by atoms with Crippen molar-refractivity contribution in [2.75, 3.05) is 13.7 Å². The summed E-state index contributed by atoms with van der Waals surface area (Å²) in [5.41, 5.74) is -4.57. The van der Waals surface area contributed by atoms with Crippen LogP contribution in [0.15, 0.2) is 54.1 Å². The molecule has 1 saturated carbocycles. The van der Waals surface area contributed by atoms with Crippen LogP contribution in [0.5, 0.6) is 11.5 Å². The first-order valence-electron chi connectivity index (χ1n) is 12.7. The Morgan fingerprint density at radius 3 is 2.12 bits per heavy atom. The Morgan fingerprint density at radius 1 is 1.00 bits per heavy atom. The van der Waals surface area contributed by atoms with Crippen molar-refractivity contribution in [3.05, 3.63) is 65.2 Å². The van der Waals surface area contributed by atoms with Crippen LogP contribution >= 0.6 is 0 Å². The molecule has 2 aromatic rings. The minimum absolute atomic E-state index is 0.0108. The molecule has 8 nitrogen and oxygen atoms in total. The number of halogens is 6. The molecule has 0 aromatic heterocycles. The van der Waals surface area contributed by atoms with Crippen molar-refractivity contribution >= 4 is 27.4 Å². The Kier molecular flexibility index (Phi) is 8.54. The molecule has 2 aromatic carbocycles. The third kappa shape index (κ3) is 6.82. The fourth-order valence-electron chi connectivity index (χ4n) is 4.52. The zero-order valence-electron chi connectivity index (χ0n) is 22.1. The van der Waals surface area contributed by atoms with Crippen LogP contribution in [0.3, 0.4) is 0 Å². The van der Waals surface area contributed by atoms with E-state index in [9.17, 15) is 44.3 Å². The highest BCUT2D eigenvalue weighted by Gasteiger charge is 2.60. The number of hydrogen-bond acceptors (Lipinski definition) is 6. The summed E-state index contributed by atoms with van der Waals surface area (Å²) in [6.45, 7) is -0.327. The van der Waals surface area contributed by atoms with Crippen LogP contribution in [0.25, 0.3) is 5.57 Å². The van der Waals surface area contributed by atoms with Gasteiger partial charge in [-0.05, 0) is 60.2 Å². The zero-order valence-corrected chi connectivity index (χ0v) is 22.9. The van der Waals surface area contributed by atoms with Crippen molar-refractivity contribution in [3.8, 4) is 11.5 Å². The highest BCUT2D eigenvalue weighted by molar-refractivity contribution is 7.91. The van der Waals surface area contributed by atoms with Gasteiger partial charge in [0.15, 0.2) is 5.54 Å². The smallest absolute Gasteiger partial charge is 0.416 e. The number of nitrogens with one attached hydrogen (secondary N) is 2. The van der Waals surface area contributed by atoms with Crippen molar-refractivity contribution in [1.29, 1.82) is 0 Å². The number of sulfonamides is 1. The van der Waals surface area contributed by atoms with E-state index in [4.69, 9.17) is 9.47 Å². The fourth-order valence-corrected chi connectivity index (χ4v) is 5.80. The van der Waals surface area contributed by atoms with Gasteiger partial charge in [0.25, 0.3) is 11.8 Å². The molecular formula is C27H26F6N2O6S.